The van der Waals surface area contributed by atoms with Crippen molar-refractivity contribution >= 4 is 39.7 Å². The molecular formula is C27H21N2P. The Morgan fingerprint density at radius 2 is 0.933 bits per heavy atom. The molecule has 0 atom stereocenters. The third-order valence-electron chi connectivity index (χ3n) is 5.23. The maximum absolute atomic E-state index is 5.45. The lowest BCUT2D eigenvalue weighted by atomic mass is 10.2. The van der Waals surface area contributed by atoms with Gasteiger partial charge in [0.1, 0.15) is 0 Å². The highest BCUT2D eigenvalue weighted by atomic mass is 31.2. The molecule has 0 unspecified atom stereocenters. The maximum Gasteiger partial charge on any atom is 0.152 e. The van der Waals surface area contributed by atoms with Crippen LogP contribution in [0.4, 0.5) is 5.82 Å². The summed E-state index contributed by atoms with van der Waals surface area (Å²) in [5.74, 6) is 0.763. The first-order valence-corrected chi connectivity index (χ1v) is 11.8. The third-order valence-corrected chi connectivity index (χ3v) is 8.87. The van der Waals surface area contributed by atoms with E-state index in [0.29, 0.717) is 0 Å². The fourth-order valence-electron chi connectivity index (χ4n) is 3.82. The monoisotopic (exact) mass is 404 g/mol. The molecule has 0 aliphatic carbocycles. The van der Waals surface area contributed by atoms with Gasteiger partial charge in [0.05, 0.1) is 12.6 Å². The van der Waals surface area contributed by atoms with E-state index in [9.17, 15) is 0 Å². The van der Waals surface area contributed by atoms with E-state index in [1.807, 2.05) is 24.3 Å². The Morgan fingerprint density at radius 3 is 1.47 bits per heavy atom. The van der Waals surface area contributed by atoms with Crippen molar-refractivity contribution in [1.82, 2.24) is 4.98 Å². The van der Waals surface area contributed by atoms with Crippen molar-refractivity contribution in [2.24, 2.45) is 4.74 Å². The topological polar surface area (TPSA) is 25.2 Å². The standard InChI is InChI=1S/C27H21N2P/c1-4-13-23(14-5-1)30(24-15-6-2-7-16-24,25-17-8-3-9-18-25)29-27-21-20-22-12-10-11-19-26(22)28-27/h1-21H. The molecule has 4 aromatic carbocycles. The van der Waals surface area contributed by atoms with Gasteiger partial charge in [0.25, 0.3) is 0 Å². The lowest BCUT2D eigenvalue weighted by Crippen LogP contribution is -2.25. The average Bonchev–Trinajstić information content (AvgIpc) is 2.84. The molecule has 1 aromatic heterocycles. The summed E-state index contributed by atoms with van der Waals surface area (Å²) >= 11 is 0. The first-order valence-electron chi connectivity index (χ1n) is 10.0. The number of rotatable bonds is 4. The number of hydrogen-bond acceptors (Lipinski definition) is 2. The van der Waals surface area contributed by atoms with Gasteiger partial charge in [0.15, 0.2) is 5.82 Å². The number of para-hydroxylation sites is 1. The normalized spacial score (nSPS) is 11.3. The van der Waals surface area contributed by atoms with Crippen LogP contribution in [-0.4, -0.2) is 4.98 Å². The van der Waals surface area contributed by atoms with Crippen molar-refractivity contribution in [1.29, 1.82) is 0 Å². The van der Waals surface area contributed by atoms with Crippen LogP contribution in [0, 0.1) is 0 Å². The van der Waals surface area contributed by atoms with Crippen molar-refractivity contribution in [3.8, 4) is 0 Å². The minimum atomic E-state index is -2.29. The third kappa shape index (κ3) is 3.36. The predicted octanol–water partition coefficient (Wildman–Crippen LogP) is 6.04. The summed E-state index contributed by atoms with van der Waals surface area (Å²) in [5.41, 5.74) is 0.964. The SMILES string of the molecule is c1ccc(P(=Nc2ccc3ccccc3n2)(c2ccccc2)c2ccccc2)cc1. The van der Waals surface area contributed by atoms with Gasteiger partial charge in [-0.05, 0) is 18.2 Å². The highest BCUT2D eigenvalue weighted by molar-refractivity contribution is 7.87. The van der Waals surface area contributed by atoms with E-state index >= 15 is 0 Å². The molecule has 3 heteroatoms. The van der Waals surface area contributed by atoms with Gasteiger partial charge in [0.2, 0.25) is 0 Å². The summed E-state index contributed by atoms with van der Waals surface area (Å²) in [5, 5.41) is 4.78. The van der Waals surface area contributed by atoms with Gasteiger partial charge in [-0.1, -0.05) is 109 Å². The molecule has 0 saturated carbocycles. The molecule has 0 aliphatic rings. The number of aromatic nitrogens is 1. The summed E-state index contributed by atoms with van der Waals surface area (Å²) < 4.78 is 5.45. The van der Waals surface area contributed by atoms with Crippen molar-refractivity contribution in [2.75, 3.05) is 0 Å². The van der Waals surface area contributed by atoms with Gasteiger partial charge in [0, 0.05) is 21.3 Å². The zero-order chi connectivity index (χ0) is 20.2. The highest BCUT2D eigenvalue weighted by Crippen LogP contribution is 2.48. The summed E-state index contributed by atoms with van der Waals surface area (Å²) in [7, 11) is -2.29. The van der Waals surface area contributed by atoms with Gasteiger partial charge in [-0.3, -0.25) is 0 Å². The van der Waals surface area contributed by atoms with Crippen molar-refractivity contribution in [3.05, 3.63) is 127 Å². The van der Waals surface area contributed by atoms with E-state index in [4.69, 9.17) is 9.73 Å². The van der Waals surface area contributed by atoms with Gasteiger partial charge in [-0.2, -0.15) is 0 Å². The molecule has 0 saturated heterocycles. The van der Waals surface area contributed by atoms with E-state index in [2.05, 4.69) is 103 Å². The van der Waals surface area contributed by atoms with E-state index in [1.165, 1.54) is 15.9 Å². The Kier molecular flexibility index (Phi) is 5.01. The molecule has 0 aliphatic heterocycles. The number of nitrogens with zero attached hydrogens (tertiary/aromatic N) is 2. The van der Waals surface area contributed by atoms with Crippen molar-refractivity contribution in [3.63, 3.8) is 0 Å². The lowest BCUT2D eigenvalue weighted by molar-refractivity contribution is 1.35. The van der Waals surface area contributed by atoms with Crippen LogP contribution in [0.25, 0.3) is 10.9 Å². The van der Waals surface area contributed by atoms with E-state index < -0.39 is 7.05 Å². The number of hydrogen-bond donors (Lipinski definition) is 0. The zero-order valence-electron chi connectivity index (χ0n) is 16.5. The molecule has 0 spiro atoms. The Morgan fingerprint density at radius 1 is 0.467 bits per heavy atom. The summed E-state index contributed by atoms with van der Waals surface area (Å²) in [6.45, 7) is 0. The predicted molar refractivity (Wildman–Crippen MR) is 129 cm³/mol. The molecule has 30 heavy (non-hydrogen) atoms. The molecule has 0 bridgehead atoms. The van der Waals surface area contributed by atoms with E-state index in [1.54, 1.807) is 0 Å². The Balaban J connectivity index is 1.88. The minimum absolute atomic E-state index is 0.763. The van der Waals surface area contributed by atoms with Crippen molar-refractivity contribution in [2.45, 2.75) is 0 Å². The highest BCUT2D eigenvalue weighted by Gasteiger charge is 2.27. The molecule has 144 valence electrons. The number of fused-ring (bicyclic) bond motifs is 1. The molecule has 2 nitrogen and oxygen atoms in total. The molecule has 0 amide bonds. The average molecular weight is 404 g/mol. The molecule has 0 radical (unpaired) electrons. The Bertz CT molecular complexity index is 1230. The summed E-state index contributed by atoms with van der Waals surface area (Å²) in [4.78, 5) is 4.90. The van der Waals surface area contributed by atoms with Gasteiger partial charge < -0.3 is 0 Å². The van der Waals surface area contributed by atoms with Crippen LogP contribution in [0.5, 0.6) is 0 Å². The van der Waals surface area contributed by atoms with Gasteiger partial charge >= 0.3 is 0 Å². The molecule has 5 aromatic rings. The quantitative estimate of drug-likeness (QED) is 0.335. The first kappa shape index (κ1) is 18.5. The molecule has 1 heterocycles. The largest absolute Gasteiger partial charge is 0.234 e. The second kappa shape index (κ2) is 8.10. The molecular weight excluding hydrogens is 383 g/mol. The Labute approximate surface area is 176 Å². The molecule has 5 rings (SSSR count). The molecule has 0 N–H and O–H groups in total. The van der Waals surface area contributed by atoms with Crippen LogP contribution in [0.3, 0.4) is 0 Å². The van der Waals surface area contributed by atoms with Crippen LogP contribution in [0.1, 0.15) is 0 Å². The van der Waals surface area contributed by atoms with Crippen LogP contribution in [0.15, 0.2) is 132 Å². The fourth-order valence-corrected chi connectivity index (χ4v) is 7.29. The van der Waals surface area contributed by atoms with Gasteiger partial charge in [-0.25, -0.2) is 9.73 Å². The lowest BCUT2D eigenvalue weighted by Gasteiger charge is -2.26. The fraction of sp³-hybridized carbons (Fsp3) is 0. The van der Waals surface area contributed by atoms with E-state index in [-0.39, 0.29) is 0 Å². The number of benzene rings is 4. The van der Waals surface area contributed by atoms with Crippen LogP contribution < -0.4 is 15.9 Å². The zero-order valence-corrected chi connectivity index (χ0v) is 17.4. The summed E-state index contributed by atoms with van der Waals surface area (Å²) in [6.07, 6.45) is 0. The second-order valence-electron chi connectivity index (χ2n) is 7.10. The minimum Gasteiger partial charge on any atom is -0.234 e. The van der Waals surface area contributed by atoms with Crippen LogP contribution >= 0.6 is 7.05 Å². The second-order valence-corrected chi connectivity index (χ2v) is 10.1. The summed E-state index contributed by atoms with van der Waals surface area (Å²) in [6, 6.07) is 44.2. The first-order chi connectivity index (χ1) is 14.9. The van der Waals surface area contributed by atoms with Crippen molar-refractivity contribution < 1.29 is 0 Å². The smallest absolute Gasteiger partial charge is 0.152 e. The van der Waals surface area contributed by atoms with Crippen LogP contribution in [-0.2, 0) is 0 Å². The molecule has 0 fully saturated rings. The maximum atomic E-state index is 5.45. The van der Waals surface area contributed by atoms with Gasteiger partial charge in [-0.15, -0.1) is 0 Å². The van der Waals surface area contributed by atoms with E-state index in [0.717, 1.165) is 16.7 Å². The Hall–Kier alpha value is -3.48. The van der Waals surface area contributed by atoms with Crippen LogP contribution in [0.2, 0.25) is 0 Å². The number of pyridine rings is 1.